The van der Waals surface area contributed by atoms with E-state index < -0.39 is 0 Å². The Balaban J connectivity index is 2.70. The fraction of sp³-hybridized carbons (Fsp3) is 0.538. The van der Waals surface area contributed by atoms with E-state index in [1.54, 1.807) is 0 Å². The molecule has 1 unspecified atom stereocenters. The molecule has 0 aliphatic heterocycles. The fourth-order valence-electron chi connectivity index (χ4n) is 1.77. The SMILES string of the molecule is C#CCC(C1=CCCC=C1)C(C)C. The number of hydrogen-bond acceptors (Lipinski definition) is 0. The van der Waals surface area contributed by atoms with Gasteiger partial charge in [0.05, 0.1) is 0 Å². The van der Waals surface area contributed by atoms with Gasteiger partial charge in [-0.1, -0.05) is 32.1 Å². The highest BCUT2D eigenvalue weighted by atomic mass is 14.2. The average Bonchev–Trinajstić information content (AvgIpc) is 2.15. The van der Waals surface area contributed by atoms with Crippen molar-refractivity contribution in [2.45, 2.75) is 33.1 Å². The van der Waals surface area contributed by atoms with Crippen molar-refractivity contribution in [2.24, 2.45) is 11.8 Å². The second-order valence-electron chi connectivity index (χ2n) is 3.94. The highest BCUT2D eigenvalue weighted by Gasteiger charge is 2.15. The smallest absolute Gasteiger partial charge is 0.0157 e. The minimum atomic E-state index is 0.557. The van der Waals surface area contributed by atoms with Crippen LogP contribution in [0.2, 0.25) is 0 Å². The van der Waals surface area contributed by atoms with Crippen LogP contribution in [0.5, 0.6) is 0 Å². The second-order valence-corrected chi connectivity index (χ2v) is 3.94. The molecule has 0 aromatic rings. The summed E-state index contributed by atoms with van der Waals surface area (Å²) in [5.74, 6) is 3.97. The number of allylic oxidation sites excluding steroid dienone is 4. The Morgan fingerprint density at radius 3 is 2.69 bits per heavy atom. The van der Waals surface area contributed by atoms with Crippen molar-refractivity contribution in [3.05, 3.63) is 23.8 Å². The normalized spacial score (nSPS) is 18.2. The quantitative estimate of drug-likeness (QED) is 0.574. The zero-order chi connectivity index (χ0) is 9.68. The molecule has 1 aliphatic carbocycles. The third-order valence-corrected chi connectivity index (χ3v) is 2.59. The van der Waals surface area contributed by atoms with Crippen LogP contribution in [-0.4, -0.2) is 0 Å². The summed E-state index contributed by atoms with van der Waals surface area (Å²) >= 11 is 0. The minimum absolute atomic E-state index is 0.557. The number of hydrogen-bond donors (Lipinski definition) is 0. The topological polar surface area (TPSA) is 0 Å². The Labute approximate surface area is 81.7 Å². The van der Waals surface area contributed by atoms with Gasteiger partial charge in [-0.15, -0.1) is 12.3 Å². The number of terminal acetylenes is 1. The van der Waals surface area contributed by atoms with Gasteiger partial charge in [0.1, 0.15) is 0 Å². The summed E-state index contributed by atoms with van der Waals surface area (Å²) in [7, 11) is 0. The monoisotopic (exact) mass is 174 g/mol. The molecule has 0 saturated carbocycles. The third kappa shape index (κ3) is 2.77. The van der Waals surface area contributed by atoms with Crippen molar-refractivity contribution in [3.63, 3.8) is 0 Å². The van der Waals surface area contributed by atoms with Crippen molar-refractivity contribution in [1.82, 2.24) is 0 Å². The van der Waals surface area contributed by atoms with Gasteiger partial charge < -0.3 is 0 Å². The molecule has 1 aliphatic rings. The first-order valence-corrected chi connectivity index (χ1v) is 5.05. The van der Waals surface area contributed by atoms with E-state index in [0.717, 1.165) is 6.42 Å². The molecule has 1 rings (SSSR count). The molecule has 0 nitrogen and oxygen atoms in total. The van der Waals surface area contributed by atoms with Crippen LogP contribution in [0.3, 0.4) is 0 Å². The molecule has 0 saturated heterocycles. The summed E-state index contributed by atoms with van der Waals surface area (Å²) in [4.78, 5) is 0. The van der Waals surface area contributed by atoms with Crippen LogP contribution in [0.1, 0.15) is 33.1 Å². The first kappa shape index (κ1) is 10.1. The van der Waals surface area contributed by atoms with E-state index in [1.807, 2.05) is 0 Å². The van der Waals surface area contributed by atoms with E-state index in [1.165, 1.54) is 18.4 Å². The molecule has 13 heavy (non-hydrogen) atoms. The lowest BCUT2D eigenvalue weighted by Crippen LogP contribution is -2.11. The molecule has 0 heterocycles. The lowest BCUT2D eigenvalue weighted by Gasteiger charge is -2.21. The van der Waals surface area contributed by atoms with Crippen LogP contribution in [0.4, 0.5) is 0 Å². The van der Waals surface area contributed by atoms with Gasteiger partial charge in [0.2, 0.25) is 0 Å². The maximum Gasteiger partial charge on any atom is 0.0157 e. The molecule has 0 N–H and O–H groups in total. The van der Waals surface area contributed by atoms with Crippen molar-refractivity contribution in [2.75, 3.05) is 0 Å². The zero-order valence-electron chi connectivity index (χ0n) is 8.59. The summed E-state index contributed by atoms with van der Waals surface area (Å²) < 4.78 is 0. The first-order valence-electron chi connectivity index (χ1n) is 5.05. The molecule has 0 fully saturated rings. The second kappa shape index (κ2) is 4.92. The van der Waals surface area contributed by atoms with Gasteiger partial charge in [-0.05, 0) is 30.3 Å². The van der Waals surface area contributed by atoms with Crippen molar-refractivity contribution >= 4 is 0 Å². The molecule has 0 radical (unpaired) electrons. The van der Waals surface area contributed by atoms with Gasteiger partial charge in [-0.25, -0.2) is 0 Å². The summed E-state index contributed by atoms with van der Waals surface area (Å²) in [6, 6.07) is 0. The maximum absolute atomic E-state index is 5.37. The molecule has 0 aromatic heterocycles. The molecule has 0 bridgehead atoms. The lowest BCUT2D eigenvalue weighted by atomic mass is 9.83. The van der Waals surface area contributed by atoms with E-state index in [2.05, 4.69) is 38.0 Å². The summed E-state index contributed by atoms with van der Waals surface area (Å²) in [5.41, 5.74) is 1.44. The van der Waals surface area contributed by atoms with Gasteiger partial charge in [0, 0.05) is 6.42 Å². The van der Waals surface area contributed by atoms with Crippen LogP contribution >= 0.6 is 0 Å². The first-order chi connectivity index (χ1) is 6.25. The van der Waals surface area contributed by atoms with E-state index in [9.17, 15) is 0 Å². The van der Waals surface area contributed by atoms with Crippen LogP contribution < -0.4 is 0 Å². The van der Waals surface area contributed by atoms with E-state index >= 15 is 0 Å². The number of rotatable bonds is 3. The van der Waals surface area contributed by atoms with Crippen LogP contribution in [0.15, 0.2) is 23.8 Å². The van der Waals surface area contributed by atoms with Crippen LogP contribution in [0.25, 0.3) is 0 Å². The summed E-state index contributed by atoms with van der Waals surface area (Å²) in [6.07, 6.45) is 15.4. The summed E-state index contributed by atoms with van der Waals surface area (Å²) in [5, 5.41) is 0. The third-order valence-electron chi connectivity index (χ3n) is 2.59. The Bertz CT molecular complexity index is 248. The van der Waals surface area contributed by atoms with Gasteiger partial charge in [0.25, 0.3) is 0 Å². The molecule has 70 valence electrons. The van der Waals surface area contributed by atoms with Crippen molar-refractivity contribution in [3.8, 4) is 12.3 Å². The molecule has 0 amide bonds. The largest absolute Gasteiger partial charge is 0.120 e. The molecule has 0 aromatic carbocycles. The Morgan fingerprint density at radius 2 is 2.23 bits per heavy atom. The average molecular weight is 174 g/mol. The maximum atomic E-state index is 5.37. The Morgan fingerprint density at radius 1 is 1.46 bits per heavy atom. The zero-order valence-corrected chi connectivity index (χ0v) is 8.59. The highest BCUT2D eigenvalue weighted by Crippen LogP contribution is 2.27. The standard InChI is InChI=1S/C13H18/c1-4-8-13(11(2)3)12-9-6-5-7-10-12/h1,6,9-11,13H,5,7-8H2,2-3H3. The van der Waals surface area contributed by atoms with Gasteiger partial charge >= 0.3 is 0 Å². The van der Waals surface area contributed by atoms with Crippen LogP contribution in [0, 0.1) is 24.2 Å². The van der Waals surface area contributed by atoms with Gasteiger partial charge in [0.15, 0.2) is 0 Å². The molecular formula is C13H18. The van der Waals surface area contributed by atoms with E-state index in [-0.39, 0.29) is 0 Å². The minimum Gasteiger partial charge on any atom is -0.120 e. The van der Waals surface area contributed by atoms with Gasteiger partial charge in [-0.3, -0.25) is 0 Å². The van der Waals surface area contributed by atoms with Crippen molar-refractivity contribution in [1.29, 1.82) is 0 Å². The molecule has 0 heteroatoms. The predicted molar refractivity (Wildman–Crippen MR) is 58.2 cm³/mol. The van der Waals surface area contributed by atoms with E-state index in [4.69, 9.17) is 6.42 Å². The van der Waals surface area contributed by atoms with Crippen molar-refractivity contribution < 1.29 is 0 Å². The fourth-order valence-corrected chi connectivity index (χ4v) is 1.77. The molecule has 1 atom stereocenters. The lowest BCUT2D eigenvalue weighted by molar-refractivity contribution is 0.457. The highest BCUT2D eigenvalue weighted by molar-refractivity contribution is 5.26. The molecular weight excluding hydrogens is 156 g/mol. The predicted octanol–water partition coefficient (Wildman–Crippen LogP) is 3.56. The van der Waals surface area contributed by atoms with Gasteiger partial charge in [-0.2, -0.15) is 0 Å². The molecule has 0 spiro atoms. The summed E-state index contributed by atoms with van der Waals surface area (Å²) in [6.45, 7) is 4.48. The Kier molecular flexibility index (Phi) is 3.83. The van der Waals surface area contributed by atoms with Crippen LogP contribution in [-0.2, 0) is 0 Å². The Hall–Kier alpha value is -0.960. The van der Waals surface area contributed by atoms with E-state index in [0.29, 0.717) is 11.8 Å².